The topological polar surface area (TPSA) is 6.48 Å². The molecule has 86 valence electrons. The van der Waals surface area contributed by atoms with Gasteiger partial charge >= 0.3 is 0 Å². The Bertz CT molecular complexity index is 121. The summed E-state index contributed by atoms with van der Waals surface area (Å²) in [4.78, 5) is 5.02. The molecule has 0 bridgehead atoms. The maximum atomic E-state index is 2.52. The predicted molar refractivity (Wildman–Crippen MR) is 64.8 cm³/mol. The van der Waals surface area contributed by atoms with Gasteiger partial charge in [-0.25, -0.2) is 0 Å². The fraction of sp³-hybridized carbons (Fsp3) is 1.00. The van der Waals surface area contributed by atoms with Crippen molar-refractivity contribution in [2.24, 2.45) is 0 Å². The molecular weight excluding hydrogens is 172 g/mol. The molecule has 0 amide bonds. The molecule has 1 unspecified atom stereocenters. The van der Waals surface area contributed by atoms with Crippen LogP contribution in [0.3, 0.4) is 0 Å². The minimum Gasteiger partial charge on any atom is -0.302 e. The third-order valence-electron chi connectivity index (χ3n) is 3.03. The van der Waals surface area contributed by atoms with Gasteiger partial charge in [-0.15, -0.1) is 0 Å². The van der Waals surface area contributed by atoms with E-state index in [1.54, 1.807) is 0 Å². The summed E-state index contributed by atoms with van der Waals surface area (Å²) in [6.45, 7) is 13.5. The molecule has 1 fully saturated rings. The highest BCUT2D eigenvalue weighted by molar-refractivity contribution is 4.78. The third-order valence-corrected chi connectivity index (χ3v) is 3.03. The van der Waals surface area contributed by atoms with Gasteiger partial charge in [0.2, 0.25) is 0 Å². The maximum absolute atomic E-state index is 2.52. The molecule has 2 nitrogen and oxygen atoms in total. The van der Waals surface area contributed by atoms with Gasteiger partial charge in [-0.2, -0.15) is 0 Å². The molecule has 1 aliphatic heterocycles. The van der Waals surface area contributed by atoms with Crippen molar-refractivity contribution in [1.29, 1.82) is 0 Å². The molecule has 0 radical (unpaired) electrons. The Morgan fingerprint density at radius 2 is 1.79 bits per heavy atom. The summed E-state index contributed by atoms with van der Waals surface area (Å²) in [7, 11) is 2.25. The van der Waals surface area contributed by atoms with Crippen molar-refractivity contribution in [2.75, 3.05) is 33.2 Å². The second kappa shape index (κ2) is 8.25. The summed E-state index contributed by atoms with van der Waals surface area (Å²) < 4.78 is 0. The highest BCUT2D eigenvalue weighted by Crippen LogP contribution is 2.15. The first-order valence-corrected chi connectivity index (χ1v) is 6.20. The summed E-state index contributed by atoms with van der Waals surface area (Å²) in [6.07, 6.45) is 2.79. The Morgan fingerprint density at radius 1 is 1.21 bits per heavy atom. The smallest absolute Gasteiger partial charge is 0.0220 e. The number of hydrogen-bond acceptors (Lipinski definition) is 2. The molecule has 1 atom stereocenters. The fourth-order valence-electron chi connectivity index (χ4n) is 1.99. The SMILES string of the molecule is CC.CCN(CC)CC1CCCN1C. The van der Waals surface area contributed by atoms with E-state index >= 15 is 0 Å². The van der Waals surface area contributed by atoms with E-state index in [9.17, 15) is 0 Å². The Balaban J connectivity index is 0.000000791. The van der Waals surface area contributed by atoms with Gasteiger partial charge in [-0.3, -0.25) is 0 Å². The van der Waals surface area contributed by atoms with Crippen molar-refractivity contribution in [3.8, 4) is 0 Å². The van der Waals surface area contributed by atoms with E-state index in [-0.39, 0.29) is 0 Å². The predicted octanol–water partition coefficient (Wildman–Crippen LogP) is 2.45. The van der Waals surface area contributed by atoms with Crippen LogP contribution in [0, 0.1) is 0 Å². The summed E-state index contributed by atoms with van der Waals surface area (Å²) in [5.41, 5.74) is 0. The molecular formula is C12H28N2. The van der Waals surface area contributed by atoms with E-state index in [4.69, 9.17) is 0 Å². The van der Waals surface area contributed by atoms with Crippen LogP contribution in [-0.2, 0) is 0 Å². The Morgan fingerprint density at radius 3 is 2.14 bits per heavy atom. The second-order valence-corrected chi connectivity index (χ2v) is 3.76. The van der Waals surface area contributed by atoms with Crippen LogP contribution in [0.2, 0.25) is 0 Å². The normalized spacial score (nSPS) is 22.3. The lowest BCUT2D eigenvalue weighted by atomic mass is 10.2. The number of rotatable bonds is 4. The van der Waals surface area contributed by atoms with E-state index in [1.807, 2.05) is 13.8 Å². The molecule has 2 heteroatoms. The van der Waals surface area contributed by atoms with E-state index in [0.29, 0.717) is 0 Å². The molecule has 1 aliphatic rings. The second-order valence-electron chi connectivity index (χ2n) is 3.76. The Kier molecular flexibility index (Phi) is 8.20. The lowest BCUT2D eigenvalue weighted by molar-refractivity contribution is 0.206. The van der Waals surface area contributed by atoms with E-state index in [0.717, 1.165) is 6.04 Å². The molecule has 0 aliphatic carbocycles. The van der Waals surface area contributed by atoms with Gasteiger partial charge in [0.1, 0.15) is 0 Å². The number of likely N-dealkylation sites (tertiary alicyclic amines) is 1. The molecule has 0 aromatic carbocycles. The molecule has 0 N–H and O–H groups in total. The van der Waals surface area contributed by atoms with Crippen LogP contribution in [-0.4, -0.2) is 49.1 Å². The summed E-state index contributed by atoms with van der Waals surface area (Å²) in [5, 5.41) is 0. The molecule has 14 heavy (non-hydrogen) atoms. The van der Waals surface area contributed by atoms with Crippen molar-refractivity contribution in [3.63, 3.8) is 0 Å². The van der Waals surface area contributed by atoms with Crippen LogP contribution >= 0.6 is 0 Å². The van der Waals surface area contributed by atoms with Gasteiger partial charge in [-0.1, -0.05) is 27.7 Å². The molecule has 0 spiro atoms. The van der Waals surface area contributed by atoms with Gasteiger partial charge in [0.15, 0.2) is 0 Å². The van der Waals surface area contributed by atoms with Crippen molar-refractivity contribution < 1.29 is 0 Å². The lowest BCUT2D eigenvalue weighted by Crippen LogP contribution is -2.38. The molecule has 0 saturated carbocycles. The van der Waals surface area contributed by atoms with Crippen LogP contribution in [0.1, 0.15) is 40.5 Å². The number of hydrogen-bond donors (Lipinski definition) is 0. The highest BCUT2D eigenvalue weighted by atomic mass is 15.2. The fourth-order valence-corrected chi connectivity index (χ4v) is 1.99. The average molecular weight is 200 g/mol. The summed E-state index contributed by atoms with van der Waals surface area (Å²) >= 11 is 0. The molecule has 1 rings (SSSR count). The zero-order valence-electron chi connectivity index (χ0n) is 10.7. The Labute approximate surface area is 90.3 Å². The molecule has 0 aromatic rings. The zero-order chi connectivity index (χ0) is 11.0. The van der Waals surface area contributed by atoms with E-state index in [2.05, 4.69) is 30.7 Å². The lowest BCUT2D eigenvalue weighted by Gasteiger charge is -2.26. The van der Waals surface area contributed by atoms with Crippen LogP contribution in [0.25, 0.3) is 0 Å². The monoisotopic (exact) mass is 200 g/mol. The number of nitrogens with zero attached hydrogens (tertiary/aromatic N) is 2. The highest BCUT2D eigenvalue weighted by Gasteiger charge is 2.21. The van der Waals surface area contributed by atoms with Gasteiger partial charge in [0, 0.05) is 12.6 Å². The molecule has 1 saturated heterocycles. The quantitative estimate of drug-likeness (QED) is 0.688. The van der Waals surface area contributed by atoms with Gasteiger partial charge in [-0.05, 0) is 39.5 Å². The van der Waals surface area contributed by atoms with Gasteiger partial charge < -0.3 is 9.80 Å². The van der Waals surface area contributed by atoms with Crippen LogP contribution < -0.4 is 0 Å². The summed E-state index contributed by atoms with van der Waals surface area (Å²) in [5.74, 6) is 0. The van der Waals surface area contributed by atoms with Crippen molar-refractivity contribution in [2.45, 2.75) is 46.6 Å². The van der Waals surface area contributed by atoms with E-state index in [1.165, 1.54) is 39.0 Å². The average Bonchev–Trinajstić information content (AvgIpc) is 2.63. The first kappa shape index (κ1) is 13.9. The van der Waals surface area contributed by atoms with Gasteiger partial charge in [0.05, 0.1) is 0 Å². The Hall–Kier alpha value is -0.0800. The standard InChI is InChI=1S/C10H22N2.C2H6/c1-4-12(5-2)9-10-7-6-8-11(10)3;1-2/h10H,4-9H2,1-3H3;1-2H3. The minimum atomic E-state index is 0.824. The van der Waals surface area contributed by atoms with Crippen molar-refractivity contribution in [1.82, 2.24) is 9.80 Å². The summed E-state index contributed by atoms with van der Waals surface area (Å²) in [6, 6.07) is 0.824. The number of likely N-dealkylation sites (N-methyl/N-ethyl adjacent to an activating group) is 2. The van der Waals surface area contributed by atoms with Crippen LogP contribution in [0.4, 0.5) is 0 Å². The zero-order valence-corrected chi connectivity index (χ0v) is 10.7. The minimum absolute atomic E-state index is 0.824. The van der Waals surface area contributed by atoms with E-state index < -0.39 is 0 Å². The van der Waals surface area contributed by atoms with Crippen LogP contribution in [0.5, 0.6) is 0 Å². The molecule has 1 heterocycles. The maximum Gasteiger partial charge on any atom is 0.0220 e. The first-order chi connectivity index (χ1) is 6.77. The molecule has 0 aromatic heterocycles. The van der Waals surface area contributed by atoms with Crippen molar-refractivity contribution in [3.05, 3.63) is 0 Å². The van der Waals surface area contributed by atoms with Crippen LogP contribution in [0.15, 0.2) is 0 Å². The largest absolute Gasteiger partial charge is 0.302 e. The van der Waals surface area contributed by atoms with Gasteiger partial charge in [0.25, 0.3) is 0 Å². The van der Waals surface area contributed by atoms with Crippen molar-refractivity contribution >= 4 is 0 Å². The third kappa shape index (κ3) is 4.43. The first-order valence-electron chi connectivity index (χ1n) is 6.20.